The largest absolute Gasteiger partial charge is 0.443 e. The minimum atomic E-state index is -0.596. The van der Waals surface area contributed by atoms with Crippen molar-refractivity contribution in [3.05, 3.63) is 0 Å². The number of nitrogens with two attached hydrogens (primary N) is 1. The molecule has 0 bridgehead atoms. The third-order valence-corrected chi connectivity index (χ3v) is 3.99. The molecule has 3 amide bonds. The first-order valence-electron chi connectivity index (χ1n) is 6.88. The zero-order chi connectivity index (χ0) is 14.9. The summed E-state index contributed by atoms with van der Waals surface area (Å²) < 4.78 is 5.14. The molecule has 0 spiro atoms. The van der Waals surface area contributed by atoms with Crippen LogP contribution in [0.5, 0.6) is 0 Å². The number of likely N-dealkylation sites (tertiary alicyclic amines) is 1. The van der Waals surface area contributed by atoms with Crippen molar-refractivity contribution >= 4 is 17.9 Å². The Hall–Kier alpha value is -1.79. The van der Waals surface area contributed by atoms with E-state index in [4.69, 9.17) is 10.5 Å². The number of rotatable bonds is 4. The van der Waals surface area contributed by atoms with Gasteiger partial charge in [-0.25, -0.2) is 4.79 Å². The highest BCUT2D eigenvalue weighted by Crippen LogP contribution is 2.38. The Morgan fingerprint density at radius 3 is 2.60 bits per heavy atom. The van der Waals surface area contributed by atoms with Gasteiger partial charge in [0.2, 0.25) is 11.8 Å². The van der Waals surface area contributed by atoms with Gasteiger partial charge in [-0.2, -0.15) is 0 Å². The molecule has 2 rings (SSSR count). The van der Waals surface area contributed by atoms with Gasteiger partial charge < -0.3 is 20.7 Å². The molecule has 2 atom stereocenters. The first kappa shape index (κ1) is 14.6. The van der Waals surface area contributed by atoms with Gasteiger partial charge in [-0.3, -0.25) is 9.59 Å². The number of nitrogens with one attached hydrogen (secondary N) is 1. The maximum absolute atomic E-state index is 12.0. The van der Waals surface area contributed by atoms with Gasteiger partial charge in [-0.05, 0) is 32.1 Å². The molecule has 1 saturated carbocycles. The second-order valence-corrected chi connectivity index (χ2v) is 5.89. The number of hydrogen-bond donors (Lipinski definition) is 2. The summed E-state index contributed by atoms with van der Waals surface area (Å²) in [6.07, 6.45) is 1.84. The van der Waals surface area contributed by atoms with Crippen LogP contribution in [0.15, 0.2) is 0 Å². The van der Waals surface area contributed by atoms with Gasteiger partial charge in [0.25, 0.3) is 0 Å². The van der Waals surface area contributed by atoms with Crippen molar-refractivity contribution in [1.29, 1.82) is 0 Å². The molecule has 7 nitrogen and oxygen atoms in total. The topological polar surface area (TPSA) is 102 Å². The monoisotopic (exact) mass is 283 g/mol. The number of carbonyl (C=O) groups is 3. The van der Waals surface area contributed by atoms with E-state index in [1.165, 1.54) is 4.90 Å². The Morgan fingerprint density at radius 1 is 1.40 bits per heavy atom. The van der Waals surface area contributed by atoms with Crippen LogP contribution in [0.4, 0.5) is 4.79 Å². The van der Waals surface area contributed by atoms with Crippen LogP contribution in [0.2, 0.25) is 0 Å². The predicted octanol–water partition coefficient (Wildman–Crippen LogP) is -0.0126. The van der Waals surface area contributed by atoms with Crippen molar-refractivity contribution < 1.29 is 19.1 Å². The molecule has 0 radical (unpaired) electrons. The summed E-state index contributed by atoms with van der Waals surface area (Å²) in [4.78, 5) is 36.4. The SMILES string of the molecule is C[C@@H]1CCN(C(=O)CNC(=O)OC2(C)CC2)[C@@H]1C(N)=O. The molecule has 112 valence electrons. The zero-order valence-corrected chi connectivity index (χ0v) is 11.8. The van der Waals surface area contributed by atoms with Gasteiger partial charge in [-0.1, -0.05) is 6.92 Å². The predicted molar refractivity (Wildman–Crippen MR) is 70.6 cm³/mol. The minimum absolute atomic E-state index is 0.0498. The Balaban J connectivity index is 1.82. The van der Waals surface area contributed by atoms with Crippen molar-refractivity contribution in [1.82, 2.24) is 10.2 Å². The maximum atomic E-state index is 12.0. The third kappa shape index (κ3) is 3.20. The van der Waals surface area contributed by atoms with Gasteiger partial charge in [0, 0.05) is 6.54 Å². The second kappa shape index (κ2) is 5.30. The standard InChI is InChI=1S/C13H21N3O4/c1-8-3-6-16(10(8)11(14)18)9(17)7-15-12(19)20-13(2)4-5-13/h8,10H,3-7H2,1-2H3,(H2,14,18)(H,15,19)/t8-,10+/m1/s1. The van der Waals surface area contributed by atoms with Crippen LogP contribution in [0.3, 0.4) is 0 Å². The van der Waals surface area contributed by atoms with Crippen LogP contribution in [-0.2, 0) is 14.3 Å². The van der Waals surface area contributed by atoms with Crippen LogP contribution in [0, 0.1) is 5.92 Å². The first-order chi connectivity index (χ1) is 9.32. The van der Waals surface area contributed by atoms with Crippen LogP contribution >= 0.6 is 0 Å². The molecule has 1 heterocycles. The van der Waals surface area contributed by atoms with Crippen LogP contribution < -0.4 is 11.1 Å². The summed E-state index contributed by atoms with van der Waals surface area (Å²) >= 11 is 0. The minimum Gasteiger partial charge on any atom is -0.443 e. The molecule has 0 aromatic rings. The molecule has 0 aromatic heterocycles. The molecular weight excluding hydrogens is 262 g/mol. The van der Waals surface area contributed by atoms with Crippen LogP contribution in [0.25, 0.3) is 0 Å². The average molecular weight is 283 g/mol. The fraction of sp³-hybridized carbons (Fsp3) is 0.769. The lowest BCUT2D eigenvalue weighted by Crippen LogP contribution is -2.49. The maximum Gasteiger partial charge on any atom is 0.408 e. The summed E-state index contributed by atoms with van der Waals surface area (Å²) in [6, 6.07) is -0.582. The number of ether oxygens (including phenoxy) is 1. The fourth-order valence-electron chi connectivity index (χ4n) is 2.45. The van der Waals surface area contributed by atoms with E-state index < -0.39 is 18.0 Å². The summed E-state index contributed by atoms with van der Waals surface area (Å²) in [5, 5.41) is 2.43. The summed E-state index contributed by atoms with van der Waals surface area (Å²) in [5.74, 6) is -0.763. The first-order valence-corrected chi connectivity index (χ1v) is 6.88. The van der Waals surface area contributed by atoms with Crippen molar-refractivity contribution in [3.8, 4) is 0 Å². The molecule has 2 aliphatic rings. The van der Waals surface area contributed by atoms with Crippen molar-refractivity contribution in [3.63, 3.8) is 0 Å². The van der Waals surface area contributed by atoms with E-state index in [1.807, 2.05) is 13.8 Å². The van der Waals surface area contributed by atoms with E-state index >= 15 is 0 Å². The molecular formula is C13H21N3O4. The lowest BCUT2D eigenvalue weighted by atomic mass is 10.0. The molecule has 3 N–H and O–H groups in total. The quantitative estimate of drug-likeness (QED) is 0.757. The molecule has 0 aromatic carbocycles. The van der Waals surface area contributed by atoms with Crippen molar-refractivity contribution in [2.24, 2.45) is 11.7 Å². The third-order valence-electron chi connectivity index (χ3n) is 3.99. The molecule has 0 unspecified atom stereocenters. The highest BCUT2D eigenvalue weighted by atomic mass is 16.6. The number of primary amides is 1. The number of alkyl carbamates (subject to hydrolysis) is 1. The van der Waals surface area contributed by atoms with Gasteiger partial charge >= 0.3 is 6.09 Å². The van der Waals surface area contributed by atoms with Crippen molar-refractivity contribution in [2.75, 3.05) is 13.1 Å². The van der Waals surface area contributed by atoms with E-state index in [1.54, 1.807) is 0 Å². The van der Waals surface area contributed by atoms with Crippen molar-refractivity contribution in [2.45, 2.75) is 44.8 Å². The average Bonchev–Trinajstić information content (AvgIpc) is 2.93. The lowest BCUT2D eigenvalue weighted by molar-refractivity contribution is -0.137. The molecule has 7 heteroatoms. The lowest BCUT2D eigenvalue weighted by Gasteiger charge is -2.24. The van der Waals surface area contributed by atoms with Gasteiger partial charge in [0.1, 0.15) is 18.2 Å². The van der Waals surface area contributed by atoms with E-state index in [-0.39, 0.29) is 24.0 Å². The van der Waals surface area contributed by atoms with Crippen LogP contribution in [0.1, 0.15) is 33.1 Å². The Labute approximate surface area is 117 Å². The number of amides is 3. The number of hydrogen-bond acceptors (Lipinski definition) is 4. The van der Waals surface area contributed by atoms with Gasteiger partial charge in [0.05, 0.1) is 0 Å². The zero-order valence-electron chi connectivity index (χ0n) is 11.8. The number of carbonyl (C=O) groups excluding carboxylic acids is 3. The number of nitrogens with zero attached hydrogens (tertiary/aromatic N) is 1. The smallest absolute Gasteiger partial charge is 0.408 e. The Kier molecular flexibility index (Phi) is 3.87. The van der Waals surface area contributed by atoms with Gasteiger partial charge in [0.15, 0.2) is 0 Å². The normalized spacial score (nSPS) is 27.0. The van der Waals surface area contributed by atoms with Gasteiger partial charge in [-0.15, -0.1) is 0 Å². The second-order valence-electron chi connectivity index (χ2n) is 5.89. The Morgan fingerprint density at radius 2 is 2.05 bits per heavy atom. The highest BCUT2D eigenvalue weighted by molar-refractivity contribution is 5.89. The molecule has 2 fully saturated rings. The van der Waals surface area contributed by atoms with E-state index in [2.05, 4.69) is 5.32 Å². The molecule has 1 saturated heterocycles. The Bertz CT molecular complexity index is 433. The molecule has 1 aliphatic heterocycles. The van der Waals surface area contributed by atoms with Crippen LogP contribution in [-0.4, -0.2) is 47.5 Å². The van der Waals surface area contributed by atoms with E-state index in [0.717, 1.165) is 19.3 Å². The molecule has 20 heavy (non-hydrogen) atoms. The fourth-order valence-corrected chi connectivity index (χ4v) is 2.45. The highest BCUT2D eigenvalue weighted by Gasteiger charge is 2.42. The van der Waals surface area contributed by atoms with E-state index in [0.29, 0.717) is 6.54 Å². The molecule has 1 aliphatic carbocycles. The summed E-state index contributed by atoms with van der Waals surface area (Å²) in [7, 11) is 0. The van der Waals surface area contributed by atoms with E-state index in [9.17, 15) is 14.4 Å². The summed E-state index contributed by atoms with van der Waals surface area (Å²) in [6.45, 7) is 4.05. The summed E-state index contributed by atoms with van der Waals surface area (Å²) in [5.41, 5.74) is 4.95.